The Morgan fingerprint density at radius 3 is 2.77 bits per heavy atom. The summed E-state index contributed by atoms with van der Waals surface area (Å²) in [5.41, 5.74) is 3.06. The number of nitrogens with zero attached hydrogens (tertiary/aromatic N) is 3. The van der Waals surface area contributed by atoms with Gasteiger partial charge in [-0.15, -0.1) is 5.10 Å². The molecule has 0 radical (unpaired) electrons. The number of halogens is 2. The van der Waals surface area contributed by atoms with Crippen LogP contribution in [0.1, 0.15) is 44.4 Å². The molecule has 0 aliphatic carbocycles. The average molecular weight is 578 g/mol. The zero-order valence-corrected chi connectivity index (χ0v) is 23.1. The van der Waals surface area contributed by atoms with Crippen molar-refractivity contribution in [3.05, 3.63) is 68.3 Å². The number of Topliss-reactive ketones (excluding diaryl/α,β-unsaturated/α-hetero) is 1. The van der Waals surface area contributed by atoms with Crippen molar-refractivity contribution in [3.63, 3.8) is 0 Å². The molecule has 1 unspecified atom stereocenters. The van der Waals surface area contributed by atoms with Crippen LogP contribution in [-0.4, -0.2) is 33.4 Å². The van der Waals surface area contributed by atoms with E-state index in [4.69, 9.17) is 26.2 Å². The second-order valence-corrected chi connectivity index (χ2v) is 10.4. The van der Waals surface area contributed by atoms with Crippen LogP contribution in [0.15, 0.2) is 57.3 Å². The van der Waals surface area contributed by atoms with Crippen LogP contribution < -0.4 is 14.8 Å². The van der Waals surface area contributed by atoms with Gasteiger partial charge in [0.05, 0.1) is 11.6 Å². The van der Waals surface area contributed by atoms with Gasteiger partial charge in [-0.1, -0.05) is 48.5 Å². The molecule has 1 aromatic heterocycles. The Morgan fingerprint density at radius 1 is 1.31 bits per heavy atom. The monoisotopic (exact) mass is 576 g/mol. The fraction of sp³-hybridized carbons (Fsp3) is 0.320. The molecule has 2 heterocycles. The lowest BCUT2D eigenvalue weighted by atomic mass is 9.93. The molecule has 4 rings (SSSR count). The summed E-state index contributed by atoms with van der Waals surface area (Å²) in [5, 5.41) is 9.27. The minimum atomic E-state index is -0.463. The SMILES string of the molecule is CCCSc1nc2n(n1)C(c1cc(Br)c(OCc3ccccc3Cl)c(OC)c1)C(C(C)=O)=C(C)N2. The highest BCUT2D eigenvalue weighted by molar-refractivity contribution is 9.10. The number of anilines is 1. The molecule has 0 bridgehead atoms. The summed E-state index contributed by atoms with van der Waals surface area (Å²) < 4.78 is 14.3. The van der Waals surface area contributed by atoms with Crippen LogP contribution in [0.4, 0.5) is 5.95 Å². The number of hydrogen-bond acceptors (Lipinski definition) is 7. The first-order valence-corrected chi connectivity index (χ1v) is 13.3. The van der Waals surface area contributed by atoms with Crippen molar-refractivity contribution in [2.45, 2.75) is 45.0 Å². The third-order valence-electron chi connectivity index (χ3n) is 5.55. The second kappa shape index (κ2) is 11.1. The van der Waals surface area contributed by atoms with E-state index >= 15 is 0 Å². The van der Waals surface area contributed by atoms with Gasteiger partial charge >= 0.3 is 0 Å². The number of allylic oxidation sites excluding steroid dienone is 2. The number of carbonyl (C=O) groups excluding carboxylic acids is 1. The normalized spacial score (nSPS) is 15.0. The summed E-state index contributed by atoms with van der Waals surface area (Å²) in [6.07, 6.45) is 1.02. The molecule has 0 saturated heterocycles. The number of aromatic nitrogens is 3. The molecule has 3 aromatic rings. The van der Waals surface area contributed by atoms with E-state index in [1.165, 1.54) is 0 Å². The predicted octanol–water partition coefficient (Wildman–Crippen LogP) is 6.66. The molecule has 1 aliphatic heterocycles. The molecule has 2 aromatic carbocycles. The molecule has 184 valence electrons. The van der Waals surface area contributed by atoms with Crippen LogP contribution in [0.2, 0.25) is 5.02 Å². The number of rotatable bonds is 9. The lowest BCUT2D eigenvalue weighted by Crippen LogP contribution is -2.28. The number of benzene rings is 2. The number of carbonyl (C=O) groups is 1. The van der Waals surface area contributed by atoms with Crippen molar-refractivity contribution in [1.29, 1.82) is 0 Å². The van der Waals surface area contributed by atoms with E-state index in [0.29, 0.717) is 37.7 Å². The van der Waals surface area contributed by atoms with Gasteiger partial charge in [0.2, 0.25) is 11.1 Å². The van der Waals surface area contributed by atoms with Gasteiger partial charge in [0.1, 0.15) is 12.6 Å². The summed E-state index contributed by atoms with van der Waals surface area (Å²) in [4.78, 5) is 17.4. The van der Waals surface area contributed by atoms with Crippen molar-refractivity contribution in [3.8, 4) is 11.5 Å². The van der Waals surface area contributed by atoms with Gasteiger partial charge in [-0.2, -0.15) is 4.98 Å². The Labute approximate surface area is 222 Å². The lowest BCUT2D eigenvalue weighted by Gasteiger charge is -2.28. The number of methoxy groups -OCH3 is 1. The molecule has 35 heavy (non-hydrogen) atoms. The number of nitrogens with one attached hydrogen (secondary N) is 1. The molecule has 1 aliphatic rings. The highest BCUT2D eigenvalue weighted by Crippen LogP contribution is 2.43. The Kier molecular flexibility index (Phi) is 8.09. The highest BCUT2D eigenvalue weighted by atomic mass is 79.9. The maximum Gasteiger partial charge on any atom is 0.227 e. The molecule has 10 heteroatoms. The van der Waals surface area contributed by atoms with Crippen LogP contribution in [0.3, 0.4) is 0 Å². The number of ether oxygens (including phenoxy) is 2. The first kappa shape index (κ1) is 25.6. The Balaban J connectivity index is 1.75. The van der Waals surface area contributed by atoms with E-state index in [-0.39, 0.29) is 12.4 Å². The molecular formula is C25H26BrClN4O3S. The summed E-state index contributed by atoms with van der Waals surface area (Å²) >= 11 is 11.5. The fourth-order valence-corrected chi connectivity index (χ4v) is 5.40. The van der Waals surface area contributed by atoms with Gasteiger partial charge in [0.15, 0.2) is 17.3 Å². The number of thioether (sulfide) groups is 1. The van der Waals surface area contributed by atoms with E-state index in [1.54, 1.807) is 30.5 Å². The number of ketones is 1. The number of hydrogen-bond donors (Lipinski definition) is 1. The van der Waals surface area contributed by atoms with Gasteiger partial charge in [-0.05, 0) is 60.0 Å². The Hall–Kier alpha value is -2.49. The van der Waals surface area contributed by atoms with Gasteiger partial charge in [0.25, 0.3) is 0 Å². The van der Waals surface area contributed by atoms with Crippen LogP contribution in [0.25, 0.3) is 0 Å². The molecular weight excluding hydrogens is 552 g/mol. The van der Waals surface area contributed by atoms with Crippen molar-refractivity contribution in [2.24, 2.45) is 0 Å². The number of fused-ring (bicyclic) bond motifs is 1. The summed E-state index contributed by atoms with van der Waals surface area (Å²) in [5.74, 6) is 2.55. The fourth-order valence-electron chi connectivity index (χ4n) is 3.95. The third-order valence-corrected chi connectivity index (χ3v) is 7.55. The average Bonchev–Trinajstić information content (AvgIpc) is 3.23. The topological polar surface area (TPSA) is 78.3 Å². The molecule has 7 nitrogen and oxygen atoms in total. The molecule has 0 fully saturated rings. The minimum absolute atomic E-state index is 0.0435. The summed E-state index contributed by atoms with van der Waals surface area (Å²) in [7, 11) is 1.59. The minimum Gasteiger partial charge on any atom is -0.493 e. The first-order valence-electron chi connectivity index (χ1n) is 11.2. The van der Waals surface area contributed by atoms with E-state index < -0.39 is 6.04 Å². The van der Waals surface area contributed by atoms with Crippen molar-refractivity contribution in [1.82, 2.24) is 14.8 Å². The summed E-state index contributed by atoms with van der Waals surface area (Å²) in [6.45, 7) is 5.84. The predicted molar refractivity (Wildman–Crippen MR) is 143 cm³/mol. The van der Waals surface area contributed by atoms with Crippen molar-refractivity contribution in [2.75, 3.05) is 18.2 Å². The zero-order valence-electron chi connectivity index (χ0n) is 19.9. The van der Waals surface area contributed by atoms with Gasteiger partial charge < -0.3 is 14.8 Å². The van der Waals surface area contributed by atoms with Crippen LogP contribution in [-0.2, 0) is 11.4 Å². The molecule has 0 amide bonds. The Morgan fingerprint density at radius 2 is 2.09 bits per heavy atom. The van der Waals surface area contributed by atoms with Crippen LogP contribution >= 0.6 is 39.3 Å². The van der Waals surface area contributed by atoms with E-state index in [1.807, 2.05) is 43.3 Å². The van der Waals surface area contributed by atoms with Gasteiger partial charge in [-0.25, -0.2) is 4.68 Å². The standard InChI is InChI=1S/C25H26BrClN4O3S/c1-5-10-35-25-29-24-28-14(2)21(15(3)32)22(31(24)30-25)17-11-18(26)23(20(12-17)33-4)34-13-16-8-6-7-9-19(16)27/h6-9,11-12,22H,5,10,13H2,1-4H3,(H,28,29,30). The van der Waals surface area contributed by atoms with Crippen LogP contribution in [0, 0.1) is 0 Å². The zero-order chi connectivity index (χ0) is 25.1. The van der Waals surface area contributed by atoms with Crippen LogP contribution in [0.5, 0.6) is 11.5 Å². The quantitative estimate of drug-likeness (QED) is 0.285. The lowest BCUT2D eigenvalue weighted by molar-refractivity contribution is -0.114. The molecule has 1 atom stereocenters. The molecule has 1 N–H and O–H groups in total. The van der Waals surface area contributed by atoms with E-state index in [9.17, 15) is 4.79 Å². The second-order valence-electron chi connectivity index (χ2n) is 8.05. The van der Waals surface area contributed by atoms with Gasteiger partial charge in [-0.3, -0.25) is 4.79 Å². The highest BCUT2D eigenvalue weighted by Gasteiger charge is 2.33. The first-order chi connectivity index (χ1) is 16.8. The van der Waals surface area contributed by atoms with Crippen molar-refractivity contribution >= 4 is 51.0 Å². The smallest absolute Gasteiger partial charge is 0.227 e. The maximum atomic E-state index is 12.7. The van der Waals surface area contributed by atoms with E-state index in [2.05, 4.69) is 33.2 Å². The largest absolute Gasteiger partial charge is 0.493 e. The Bertz CT molecular complexity index is 1290. The molecule has 0 saturated carbocycles. The summed E-state index contributed by atoms with van der Waals surface area (Å²) in [6, 6.07) is 10.9. The van der Waals surface area contributed by atoms with Gasteiger partial charge in [0, 0.05) is 27.6 Å². The molecule has 0 spiro atoms. The van der Waals surface area contributed by atoms with Crippen molar-refractivity contribution < 1.29 is 14.3 Å². The maximum absolute atomic E-state index is 12.7. The third kappa shape index (κ3) is 5.37. The van der Waals surface area contributed by atoms with E-state index in [0.717, 1.165) is 29.0 Å².